The van der Waals surface area contributed by atoms with E-state index in [9.17, 15) is 0 Å². The Morgan fingerprint density at radius 1 is 1.06 bits per heavy atom. The first-order chi connectivity index (χ1) is 7.21. The lowest BCUT2D eigenvalue weighted by atomic mass is 9.94. The number of hydrogen-bond donors (Lipinski definition) is 1. The van der Waals surface area contributed by atoms with Crippen molar-refractivity contribution < 1.29 is 4.74 Å². The van der Waals surface area contributed by atoms with Gasteiger partial charge < -0.3 is 15.0 Å². The van der Waals surface area contributed by atoms with E-state index in [1.165, 1.54) is 0 Å². The molecule has 0 bridgehead atoms. The molecule has 0 aliphatic heterocycles. The summed E-state index contributed by atoms with van der Waals surface area (Å²) in [5.41, 5.74) is 0.312. The van der Waals surface area contributed by atoms with Gasteiger partial charge in [0.15, 0.2) is 0 Å². The van der Waals surface area contributed by atoms with Crippen molar-refractivity contribution in [2.75, 3.05) is 40.4 Å². The van der Waals surface area contributed by atoms with E-state index in [2.05, 4.69) is 58.9 Å². The summed E-state index contributed by atoms with van der Waals surface area (Å²) in [6.07, 6.45) is 0. The third-order valence-corrected chi connectivity index (χ3v) is 3.01. The Labute approximate surface area is 102 Å². The number of ether oxygens (including phenoxy) is 1. The van der Waals surface area contributed by atoms with E-state index in [1.54, 1.807) is 0 Å². The maximum Gasteiger partial charge on any atom is 0.0645 e. The van der Waals surface area contributed by atoms with Crippen molar-refractivity contribution in [2.45, 2.75) is 40.2 Å². The van der Waals surface area contributed by atoms with Gasteiger partial charge >= 0.3 is 0 Å². The van der Waals surface area contributed by atoms with Crippen LogP contribution in [0.3, 0.4) is 0 Å². The highest BCUT2D eigenvalue weighted by molar-refractivity contribution is 4.77. The monoisotopic (exact) mass is 230 g/mol. The minimum Gasteiger partial charge on any atom is -0.379 e. The molecule has 1 N–H and O–H groups in total. The van der Waals surface area contributed by atoms with E-state index in [1.807, 2.05) is 0 Å². The van der Waals surface area contributed by atoms with E-state index in [0.717, 1.165) is 26.3 Å². The van der Waals surface area contributed by atoms with Gasteiger partial charge in [0.05, 0.1) is 13.2 Å². The largest absolute Gasteiger partial charge is 0.379 e. The molecule has 0 unspecified atom stereocenters. The van der Waals surface area contributed by atoms with Gasteiger partial charge in [-0.25, -0.2) is 0 Å². The predicted molar refractivity (Wildman–Crippen MR) is 70.9 cm³/mol. The van der Waals surface area contributed by atoms with Gasteiger partial charge in [0.2, 0.25) is 0 Å². The third kappa shape index (κ3) is 6.46. The normalized spacial score (nSPS) is 13.5. The molecule has 0 aromatic heterocycles. The summed E-state index contributed by atoms with van der Waals surface area (Å²) in [6, 6.07) is 0. The summed E-state index contributed by atoms with van der Waals surface area (Å²) >= 11 is 0. The first-order valence-electron chi connectivity index (χ1n) is 6.17. The van der Waals surface area contributed by atoms with Crippen LogP contribution in [0.4, 0.5) is 0 Å². The van der Waals surface area contributed by atoms with E-state index >= 15 is 0 Å². The molecule has 0 aliphatic carbocycles. The topological polar surface area (TPSA) is 24.5 Å². The fourth-order valence-corrected chi connectivity index (χ4v) is 1.22. The smallest absolute Gasteiger partial charge is 0.0645 e. The van der Waals surface area contributed by atoms with Crippen LogP contribution in [-0.4, -0.2) is 50.8 Å². The molecule has 0 aromatic carbocycles. The van der Waals surface area contributed by atoms with Crippen LogP contribution in [0.1, 0.15) is 34.6 Å². The molecule has 0 spiro atoms. The van der Waals surface area contributed by atoms with Gasteiger partial charge in [-0.3, -0.25) is 0 Å². The van der Waals surface area contributed by atoms with Crippen LogP contribution in [0.25, 0.3) is 0 Å². The lowest BCUT2D eigenvalue weighted by Gasteiger charge is -2.34. The summed E-state index contributed by atoms with van der Waals surface area (Å²) in [5.74, 6) is 0. The van der Waals surface area contributed by atoms with Crippen molar-refractivity contribution in [1.29, 1.82) is 0 Å². The van der Waals surface area contributed by atoms with Crippen molar-refractivity contribution in [1.82, 2.24) is 10.2 Å². The molecule has 0 rings (SSSR count). The van der Waals surface area contributed by atoms with Gasteiger partial charge in [0.25, 0.3) is 0 Å². The summed E-state index contributed by atoms with van der Waals surface area (Å²) < 4.78 is 5.84. The molecular weight excluding hydrogens is 200 g/mol. The molecule has 0 saturated heterocycles. The van der Waals surface area contributed by atoms with Gasteiger partial charge in [0.1, 0.15) is 0 Å². The highest BCUT2D eigenvalue weighted by Crippen LogP contribution is 2.16. The van der Waals surface area contributed by atoms with Crippen LogP contribution in [0.5, 0.6) is 0 Å². The summed E-state index contributed by atoms with van der Waals surface area (Å²) in [4.78, 5) is 2.20. The van der Waals surface area contributed by atoms with Gasteiger partial charge in [-0.05, 0) is 34.5 Å². The second kappa shape index (κ2) is 6.58. The quantitative estimate of drug-likeness (QED) is 0.690. The molecule has 0 radical (unpaired) electrons. The number of hydrogen-bond acceptors (Lipinski definition) is 3. The second-order valence-electron chi connectivity index (χ2n) is 6.14. The highest BCUT2D eigenvalue weighted by Gasteiger charge is 2.23. The fraction of sp³-hybridized carbons (Fsp3) is 1.00. The Kier molecular flexibility index (Phi) is 6.53. The zero-order valence-corrected chi connectivity index (χ0v) is 12.2. The Bertz CT molecular complexity index is 188. The minimum absolute atomic E-state index is 0.105. The molecule has 0 heterocycles. The molecular formula is C13H30N2O. The van der Waals surface area contributed by atoms with Crippen molar-refractivity contribution in [3.63, 3.8) is 0 Å². The molecule has 0 atom stereocenters. The van der Waals surface area contributed by atoms with Crippen LogP contribution in [0.15, 0.2) is 0 Å². The molecule has 0 amide bonds. The lowest BCUT2D eigenvalue weighted by Crippen LogP contribution is -2.43. The van der Waals surface area contributed by atoms with Crippen LogP contribution in [-0.2, 0) is 4.74 Å². The van der Waals surface area contributed by atoms with Gasteiger partial charge in [-0.1, -0.05) is 20.8 Å². The third-order valence-electron chi connectivity index (χ3n) is 3.01. The predicted octanol–water partition coefficient (Wildman–Crippen LogP) is 1.98. The fourth-order valence-electron chi connectivity index (χ4n) is 1.22. The van der Waals surface area contributed by atoms with Crippen molar-refractivity contribution in [3.05, 3.63) is 0 Å². The van der Waals surface area contributed by atoms with Crippen LogP contribution < -0.4 is 5.32 Å². The summed E-state index contributed by atoms with van der Waals surface area (Å²) in [6.45, 7) is 14.6. The van der Waals surface area contributed by atoms with Gasteiger partial charge in [-0.15, -0.1) is 0 Å². The molecule has 0 aromatic rings. The van der Waals surface area contributed by atoms with E-state index in [0.29, 0.717) is 0 Å². The molecule has 3 heteroatoms. The van der Waals surface area contributed by atoms with Crippen LogP contribution >= 0.6 is 0 Å². The number of likely N-dealkylation sites (N-methyl/N-ethyl adjacent to an activating group) is 1. The molecule has 0 fully saturated rings. The summed E-state index contributed by atoms with van der Waals surface area (Å²) in [5, 5.41) is 3.37. The zero-order valence-electron chi connectivity index (χ0n) is 12.2. The first kappa shape index (κ1) is 15.9. The lowest BCUT2D eigenvalue weighted by molar-refractivity contribution is 0.000642. The number of nitrogens with zero attached hydrogens (tertiary/aromatic N) is 1. The average Bonchev–Trinajstić information content (AvgIpc) is 2.14. The van der Waals surface area contributed by atoms with Crippen LogP contribution in [0, 0.1) is 5.41 Å². The second-order valence-corrected chi connectivity index (χ2v) is 6.14. The minimum atomic E-state index is 0.105. The Hall–Kier alpha value is -0.120. The Morgan fingerprint density at radius 3 is 2.06 bits per heavy atom. The standard InChI is InChI=1S/C13H30N2O/c1-8-14-9-12(2,3)10-16-11-13(4,5)15(6)7/h14H,8-11H2,1-7H3. The van der Waals surface area contributed by atoms with E-state index in [4.69, 9.17) is 4.74 Å². The Morgan fingerprint density at radius 2 is 1.62 bits per heavy atom. The molecule has 3 nitrogen and oxygen atoms in total. The van der Waals surface area contributed by atoms with Crippen molar-refractivity contribution in [3.8, 4) is 0 Å². The molecule has 0 saturated carbocycles. The maximum absolute atomic E-state index is 5.84. The van der Waals surface area contributed by atoms with Crippen molar-refractivity contribution >= 4 is 0 Å². The highest BCUT2D eigenvalue weighted by atomic mass is 16.5. The van der Waals surface area contributed by atoms with Gasteiger partial charge in [-0.2, -0.15) is 0 Å². The maximum atomic E-state index is 5.84. The average molecular weight is 230 g/mol. The van der Waals surface area contributed by atoms with Crippen molar-refractivity contribution in [2.24, 2.45) is 5.41 Å². The van der Waals surface area contributed by atoms with E-state index in [-0.39, 0.29) is 11.0 Å². The summed E-state index contributed by atoms with van der Waals surface area (Å²) in [7, 11) is 4.18. The van der Waals surface area contributed by atoms with Gasteiger partial charge in [0, 0.05) is 17.5 Å². The molecule has 16 heavy (non-hydrogen) atoms. The first-order valence-corrected chi connectivity index (χ1v) is 6.17. The van der Waals surface area contributed by atoms with Crippen LogP contribution in [0.2, 0.25) is 0 Å². The number of nitrogens with one attached hydrogen (secondary N) is 1. The van der Waals surface area contributed by atoms with E-state index < -0.39 is 0 Å². The zero-order chi connectivity index (χ0) is 12.8. The molecule has 0 aliphatic rings. The Balaban J connectivity index is 3.88. The SMILES string of the molecule is CCNCC(C)(C)COCC(C)(C)N(C)C. The number of rotatable bonds is 8. The molecule has 98 valence electrons.